The van der Waals surface area contributed by atoms with Crippen LogP contribution in [-0.4, -0.2) is 17.5 Å². The van der Waals surface area contributed by atoms with E-state index in [4.69, 9.17) is 4.74 Å². The van der Waals surface area contributed by atoms with Gasteiger partial charge in [0.05, 0.1) is 11.7 Å². The molecule has 0 aromatic carbocycles. The second kappa shape index (κ2) is 4.23. The molecule has 0 saturated heterocycles. The number of hydrogen-bond acceptors (Lipinski definition) is 2. The Bertz CT molecular complexity index is 185. The first kappa shape index (κ1) is 10.7. The highest BCUT2D eigenvalue weighted by Gasteiger charge is 2.26. The molecule has 0 radical (unpaired) electrons. The van der Waals surface area contributed by atoms with Crippen LogP contribution in [-0.2, 0) is 9.53 Å². The molecule has 0 bridgehead atoms. The quantitative estimate of drug-likeness (QED) is 0.674. The van der Waals surface area contributed by atoms with E-state index in [2.05, 4.69) is 20.8 Å². The zero-order chi connectivity index (χ0) is 9.90. The van der Waals surface area contributed by atoms with E-state index in [1.807, 2.05) is 0 Å². The fourth-order valence-corrected chi connectivity index (χ4v) is 1.62. The molecule has 2 heteroatoms. The SMILES string of the molecule is CCC(C)(C)OC1CCCC(=O)C1. The fourth-order valence-electron chi connectivity index (χ4n) is 1.62. The lowest BCUT2D eigenvalue weighted by Crippen LogP contribution is -2.33. The van der Waals surface area contributed by atoms with Gasteiger partial charge in [-0.3, -0.25) is 4.79 Å². The Morgan fingerprint density at radius 3 is 2.77 bits per heavy atom. The lowest BCUT2D eigenvalue weighted by Gasteiger charge is -2.31. The summed E-state index contributed by atoms with van der Waals surface area (Å²) in [5, 5.41) is 0. The molecule has 1 atom stereocenters. The van der Waals surface area contributed by atoms with Crippen LogP contribution in [0.3, 0.4) is 0 Å². The molecule has 1 saturated carbocycles. The smallest absolute Gasteiger partial charge is 0.135 e. The van der Waals surface area contributed by atoms with Gasteiger partial charge < -0.3 is 4.74 Å². The van der Waals surface area contributed by atoms with Crippen molar-refractivity contribution < 1.29 is 9.53 Å². The number of ether oxygens (including phenoxy) is 1. The minimum atomic E-state index is -0.0672. The van der Waals surface area contributed by atoms with E-state index < -0.39 is 0 Å². The molecule has 1 aliphatic carbocycles. The molecule has 0 heterocycles. The lowest BCUT2D eigenvalue weighted by molar-refractivity contribution is -0.131. The van der Waals surface area contributed by atoms with Crippen LogP contribution in [0.15, 0.2) is 0 Å². The Labute approximate surface area is 80.7 Å². The largest absolute Gasteiger partial charge is 0.372 e. The first-order chi connectivity index (χ1) is 6.03. The van der Waals surface area contributed by atoms with Gasteiger partial charge in [-0.25, -0.2) is 0 Å². The highest BCUT2D eigenvalue weighted by atomic mass is 16.5. The van der Waals surface area contributed by atoms with Crippen molar-refractivity contribution in [1.82, 2.24) is 0 Å². The number of carbonyl (C=O) groups excluding carboxylic acids is 1. The normalized spacial score (nSPS) is 24.8. The van der Waals surface area contributed by atoms with Crippen molar-refractivity contribution >= 4 is 5.78 Å². The van der Waals surface area contributed by atoms with E-state index in [1.54, 1.807) is 0 Å². The van der Waals surface area contributed by atoms with Crippen LogP contribution in [0.4, 0.5) is 0 Å². The highest BCUT2D eigenvalue weighted by Crippen LogP contribution is 2.24. The summed E-state index contributed by atoms with van der Waals surface area (Å²) in [6, 6.07) is 0. The van der Waals surface area contributed by atoms with Crippen molar-refractivity contribution in [2.24, 2.45) is 0 Å². The molecule has 0 amide bonds. The number of Topliss-reactive ketones (excluding diaryl/α,β-unsaturated/α-hetero) is 1. The Morgan fingerprint density at radius 1 is 1.54 bits per heavy atom. The molecule has 0 N–H and O–H groups in total. The van der Waals surface area contributed by atoms with Crippen molar-refractivity contribution in [3.63, 3.8) is 0 Å². The summed E-state index contributed by atoms with van der Waals surface area (Å²) in [6.07, 6.45) is 4.61. The number of rotatable bonds is 3. The first-order valence-electron chi connectivity index (χ1n) is 5.23. The molecule has 0 aromatic rings. The van der Waals surface area contributed by atoms with Crippen molar-refractivity contribution in [2.75, 3.05) is 0 Å². The van der Waals surface area contributed by atoms with Crippen LogP contribution in [0.5, 0.6) is 0 Å². The van der Waals surface area contributed by atoms with Gasteiger partial charge in [0.1, 0.15) is 5.78 Å². The van der Waals surface area contributed by atoms with Gasteiger partial charge in [0.25, 0.3) is 0 Å². The third-order valence-electron chi connectivity index (χ3n) is 2.77. The maximum absolute atomic E-state index is 11.2. The molecule has 0 aliphatic heterocycles. The maximum atomic E-state index is 11.2. The van der Waals surface area contributed by atoms with Crippen LogP contribution < -0.4 is 0 Å². The van der Waals surface area contributed by atoms with Crippen molar-refractivity contribution in [3.8, 4) is 0 Å². The summed E-state index contributed by atoms with van der Waals surface area (Å²) in [6.45, 7) is 6.29. The van der Waals surface area contributed by atoms with Crippen molar-refractivity contribution in [2.45, 2.75) is 64.6 Å². The second-order valence-electron chi connectivity index (χ2n) is 4.49. The summed E-state index contributed by atoms with van der Waals surface area (Å²) in [5.74, 6) is 0.364. The first-order valence-corrected chi connectivity index (χ1v) is 5.23. The van der Waals surface area contributed by atoms with Crippen molar-refractivity contribution in [3.05, 3.63) is 0 Å². The van der Waals surface area contributed by atoms with E-state index in [0.29, 0.717) is 12.2 Å². The Morgan fingerprint density at radius 2 is 2.23 bits per heavy atom. The number of carbonyl (C=O) groups is 1. The van der Waals surface area contributed by atoms with Crippen LogP contribution >= 0.6 is 0 Å². The van der Waals surface area contributed by atoms with Crippen LogP contribution in [0.2, 0.25) is 0 Å². The molecule has 0 aromatic heterocycles. The molecule has 1 aliphatic rings. The standard InChI is InChI=1S/C11H20O2/c1-4-11(2,3)13-10-7-5-6-9(12)8-10/h10H,4-8H2,1-3H3. The molecule has 0 spiro atoms. The van der Waals surface area contributed by atoms with E-state index >= 15 is 0 Å². The van der Waals surface area contributed by atoms with Gasteiger partial charge >= 0.3 is 0 Å². The van der Waals surface area contributed by atoms with Crippen LogP contribution in [0.25, 0.3) is 0 Å². The minimum absolute atomic E-state index is 0.0672. The van der Waals surface area contributed by atoms with Gasteiger partial charge in [0, 0.05) is 12.8 Å². The molecule has 1 fully saturated rings. The third-order valence-corrected chi connectivity index (χ3v) is 2.77. The average Bonchev–Trinajstić information content (AvgIpc) is 2.03. The van der Waals surface area contributed by atoms with Crippen LogP contribution in [0.1, 0.15) is 52.9 Å². The lowest BCUT2D eigenvalue weighted by atomic mass is 9.95. The summed E-state index contributed by atoms with van der Waals surface area (Å²) < 4.78 is 5.88. The van der Waals surface area contributed by atoms with E-state index in [0.717, 1.165) is 25.7 Å². The third kappa shape index (κ3) is 3.47. The Hall–Kier alpha value is -0.370. The number of ketones is 1. The molecule has 1 unspecified atom stereocenters. The van der Waals surface area contributed by atoms with Gasteiger partial charge in [0.15, 0.2) is 0 Å². The Balaban J connectivity index is 2.40. The monoisotopic (exact) mass is 184 g/mol. The van der Waals surface area contributed by atoms with Gasteiger partial charge in [-0.1, -0.05) is 6.92 Å². The van der Waals surface area contributed by atoms with Gasteiger partial charge in [0.2, 0.25) is 0 Å². The average molecular weight is 184 g/mol. The fraction of sp³-hybridized carbons (Fsp3) is 0.909. The summed E-state index contributed by atoms with van der Waals surface area (Å²) in [4.78, 5) is 11.2. The molecule has 13 heavy (non-hydrogen) atoms. The molecule has 76 valence electrons. The zero-order valence-electron chi connectivity index (χ0n) is 8.93. The minimum Gasteiger partial charge on any atom is -0.372 e. The summed E-state index contributed by atoms with van der Waals surface area (Å²) in [7, 11) is 0. The molecular weight excluding hydrogens is 164 g/mol. The van der Waals surface area contributed by atoms with Gasteiger partial charge in [-0.2, -0.15) is 0 Å². The predicted octanol–water partition coefficient (Wildman–Crippen LogP) is 2.70. The molecule has 2 nitrogen and oxygen atoms in total. The summed E-state index contributed by atoms with van der Waals surface area (Å²) in [5.41, 5.74) is -0.0672. The second-order valence-corrected chi connectivity index (χ2v) is 4.49. The molecular formula is C11H20O2. The van der Waals surface area contributed by atoms with E-state index in [-0.39, 0.29) is 11.7 Å². The topological polar surface area (TPSA) is 26.3 Å². The van der Waals surface area contributed by atoms with Crippen LogP contribution in [0, 0.1) is 0 Å². The van der Waals surface area contributed by atoms with Gasteiger partial charge in [-0.05, 0) is 33.1 Å². The van der Waals surface area contributed by atoms with Crippen molar-refractivity contribution in [1.29, 1.82) is 0 Å². The van der Waals surface area contributed by atoms with E-state index in [1.165, 1.54) is 0 Å². The number of hydrogen-bond donors (Lipinski definition) is 0. The summed E-state index contributed by atoms with van der Waals surface area (Å²) >= 11 is 0. The van der Waals surface area contributed by atoms with E-state index in [9.17, 15) is 4.79 Å². The zero-order valence-corrected chi connectivity index (χ0v) is 8.93. The Kier molecular flexibility index (Phi) is 3.48. The molecule has 1 rings (SSSR count). The maximum Gasteiger partial charge on any atom is 0.135 e. The highest BCUT2D eigenvalue weighted by molar-refractivity contribution is 5.79. The van der Waals surface area contributed by atoms with Gasteiger partial charge in [-0.15, -0.1) is 0 Å². The predicted molar refractivity (Wildman–Crippen MR) is 52.7 cm³/mol.